The Kier molecular flexibility index (Phi) is 6.90. The summed E-state index contributed by atoms with van der Waals surface area (Å²) < 4.78 is 7.10. The van der Waals surface area contributed by atoms with E-state index in [0.717, 1.165) is 11.6 Å². The molecule has 0 aliphatic carbocycles. The molecule has 0 unspecified atom stereocenters. The molecule has 0 aliphatic rings. The van der Waals surface area contributed by atoms with Crippen molar-refractivity contribution < 1.29 is 9.84 Å². The number of aromatic nitrogens is 2. The first-order valence-electron chi connectivity index (χ1n) is 6.41. The molecule has 0 atom stereocenters. The van der Waals surface area contributed by atoms with Crippen molar-refractivity contribution in [3.05, 3.63) is 42.1 Å². The Morgan fingerprint density at radius 2 is 2.00 bits per heavy atom. The average Bonchev–Trinajstić information content (AvgIpc) is 2.87. The molecule has 1 aromatic heterocycles. The molecule has 2 aromatic rings. The van der Waals surface area contributed by atoms with Gasteiger partial charge < -0.3 is 15.2 Å². The number of rotatable bonds is 7. The lowest BCUT2D eigenvalue weighted by Gasteiger charge is -2.06. The van der Waals surface area contributed by atoms with Crippen LogP contribution in [0, 0.1) is 0 Å². The first kappa shape index (κ1) is 16.3. The maximum absolute atomic E-state index is 8.81. The molecular weight excluding hydrogens is 278 g/mol. The molecule has 2 rings (SSSR count). The number of aliphatic hydroxyl groups excluding tert-OH is 1. The molecule has 0 radical (unpaired) electrons. The summed E-state index contributed by atoms with van der Waals surface area (Å²) in [4.78, 5) is 0. The summed E-state index contributed by atoms with van der Waals surface area (Å²) in [5, 5.41) is 16.3. The number of hydrogen-bond donors (Lipinski definition) is 2. The van der Waals surface area contributed by atoms with Gasteiger partial charge in [-0.25, -0.2) is 0 Å². The number of benzene rings is 1. The number of nitrogens with one attached hydrogen (secondary N) is 1. The smallest absolute Gasteiger partial charge is 0.148 e. The number of ether oxygens (including phenoxy) is 1. The molecule has 1 heterocycles. The standard InChI is InChI=1S/C14H19N3O2.ClH/c1-2-19-13-5-3-12(4-6-13)11-15-14-7-8-17(16-14)9-10-18;/h3-8,18H,2,9-11H2,1H3,(H,15,16);1H. The van der Waals surface area contributed by atoms with Gasteiger partial charge in [-0.1, -0.05) is 12.1 Å². The van der Waals surface area contributed by atoms with Crippen molar-refractivity contribution >= 4 is 18.2 Å². The molecule has 6 heteroatoms. The third-order valence-electron chi connectivity index (χ3n) is 2.68. The third-order valence-corrected chi connectivity index (χ3v) is 2.68. The number of aliphatic hydroxyl groups is 1. The van der Waals surface area contributed by atoms with Crippen LogP contribution in [0.25, 0.3) is 0 Å². The first-order chi connectivity index (χ1) is 9.31. The summed E-state index contributed by atoms with van der Waals surface area (Å²) in [5.41, 5.74) is 1.17. The molecule has 0 bridgehead atoms. The molecule has 1 aromatic carbocycles. The summed E-state index contributed by atoms with van der Waals surface area (Å²) in [5.74, 6) is 1.70. The summed E-state index contributed by atoms with van der Waals surface area (Å²) in [6.07, 6.45) is 1.84. The minimum absolute atomic E-state index is 0. The van der Waals surface area contributed by atoms with Crippen molar-refractivity contribution in [2.24, 2.45) is 0 Å². The molecule has 0 aliphatic heterocycles. The van der Waals surface area contributed by atoms with E-state index in [-0.39, 0.29) is 19.0 Å². The van der Waals surface area contributed by atoms with Crippen LogP contribution in [0.5, 0.6) is 5.75 Å². The van der Waals surface area contributed by atoms with Crippen molar-refractivity contribution in [2.45, 2.75) is 20.0 Å². The predicted molar refractivity (Wildman–Crippen MR) is 81.5 cm³/mol. The molecule has 0 saturated heterocycles. The van der Waals surface area contributed by atoms with Crippen LogP contribution >= 0.6 is 12.4 Å². The number of anilines is 1. The van der Waals surface area contributed by atoms with E-state index in [9.17, 15) is 0 Å². The van der Waals surface area contributed by atoms with Crippen molar-refractivity contribution in [1.82, 2.24) is 9.78 Å². The molecule has 20 heavy (non-hydrogen) atoms. The van der Waals surface area contributed by atoms with Crippen LogP contribution in [0.15, 0.2) is 36.5 Å². The molecule has 0 saturated carbocycles. The maximum atomic E-state index is 8.81. The Balaban J connectivity index is 0.00000200. The van der Waals surface area contributed by atoms with E-state index in [0.29, 0.717) is 19.7 Å². The van der Waals surface area contributed by atoms with Gasteiger partial charge in [0, 0.05) is 18.8 Å². The van der Waals surface area contributed by atoms with E-state index in [2.05, 4.69) is 10.4 Å². The Labute approximate surface area is 125 Å². The molecule has 110 valence electrons. The molecule has 2 N–H and O–H groups in total. The van der Waals surface area contributed by atoms with Gasteiger partial charge in [-0.3, -0.25) is 4.68 Å². The van der Waals surface area contributed by atoms with Gasteiger partial charge in [0.25, 0.3) is 0 Å². The summed E-state index contributed by atoms with van der Waals surface area (Å²) in [6.45, 7) is 3.98. The van der Waals surface area contributed by atoms with Crippen LogP contribution in [-0.4, -0.2) is 28.1 Å². The van der Waals surface area contributed by atoms with E-state index in [1.54, 1.807) is 4.68 Å². The lowest BCUT2D eigenvalue weighted by atomic mass is 10.2. The molecule has 5 nitrogen and oxygen atoms in total. The van der Waals surface area contributed by atoms with E-state index in [1.165, 1.54) is 5.56 Å². The number of halogens is 1. The summed E-state index contributed by atoms with van der Waals surface area (Å²) >= 11 is 0. The normalized spacial score (nSPS) is 9.90. The largest absolute Gasteiger partial charge is 0.494 e. The SMILES string of the molecule is CCOc1ccc(CNc2ccn(CCO)n2)cc1.Cl. The topological polar surface area (TPSA) is 59.3 Å². The van der Waals surface area contributed by atoms with Crippen LogP contribution < -0.4 is 10.1 Å². The van der Waals surface area contributed by atoms with Gasteiger partial charge in [-0.15, -0.1) is 12.4 Å². The Bertz CT molecular complexity index is 499. The number of hydrogen-bond acceptors (Lipinski definition) is 4. The first-order valence-corrected chi connectivity index (χ1v) is 6.41. The lowest BCUT2D eigenvalue weighted by Crippen LogP contribution is -2.04. The number of nitrogens with zero attached hydrogens (tertiary/aromatic N) is 2. The minimum Gasteiger partial charge on any atom is -0.494 e. The zero-order chi connectivity index (χ0) is 13.5. The van der Waals surface area contributed by atoms with Gasteiger partial charge >= 0.3 is 0 Å². The lowest BCUT2D eigenvalue weighted by molar-refractivity contribution is 0.269. The fourth-order valence-electron chi connectivity index (χ4n) is 1.75. The highest BCUT2D eigenvalue weighted by Crippen LogP contribution is 2.13. The van der Waals surface area contributed by atoms with Crippen molar-refractivity contribution in [2.75, 3.05) is 18.5 Å². The zero-order valence-corrected chi connectivity index (χ0v) is 12.3. The molecule has 0 fully saturated rings. The summed E-state index contributed by atoms with van der Waals surface area (Å²) in [7, 11) is 0. The van der Waals surface area contributed by atoms with Crippen molar-refractivity contribution in [3.8, 4) is 5.75 Å². The van der Waals surface area contributed by atoms with E-state index in [1.807, 2.05) is 43.5 Å². The van der Waals surface area contributed by atoms with Crippen molar-refractivity contribution in [1.29, 1.82) is 0 Å². The molecule has 0 spiro atoms. The van der Waals surface area contributed by atoms with Gasteiger partial charge in [-0.05, 0) is 24.6 Å². The van der Waals surface area contributed by atoms with Crippen LogP contribution in [0.4, 0.5) is 5.82 Å². The second-order valence-corrected chi connectivity index (χ2v) is 4.12. The Morgan fingerprint density at radius 1 is 1.25 bits per heavy atom. The Morgan fingerprint density at radius 3 is 2.65 bits per heavy atom. The van der Waals surface area contributed by atoms with Crippen molar-refractivity contribution in [3.63, 3.8) is 0 Å². The fraction of sp³-hybridized carbons (Fsp3) is 0.357. The zero-order valence-electron chi connectivity index (χ0n) is 11.5. The van der Waals surface area contributed by atoms with Gasteiger partial charge in [0.1, 0.15) is 11.6 Å². The molecule has 0 amide bonds. The second kappa shape index (κ2) is 8.45. The highest BCUT2D eigenvalue weighted by Gasteiger charge is 1.99. The summed E-state index contributed by atoms with van der Waals surface area (Å²) in [6, 6.07) is 9.88. The van der Waals surface area contributed by atoms with Gasteiger partial charge in [0.15, 0.2) is 0 Å². The quantitative estimate of drug-likeness (QED) is 0.823. The molecular formula is C14H20ClN3O2. The fourth-order valence-corrected chi connectivity index (χ4v) is 1.75. The predicted octanol–water partition coefficient (Wildman–Crippen LogP) is 2.31. The maximum Gasteiger partial charge on any atom is 0.148 e. The minimum atomic E-state index is 0. The van der Waals surface area contributed by atoms with Gasteiger partial charge in [0.05, 0.1) is 19.8 Å². The average molecular weight is 298 g/mol. The van der Waals surface area contributed by atoms with Crippen LogP contribution in [0.2, 0.25) is 0 Å². The third kappa shape index (κ3) is 4.75. The van der Waals surface area contributed by atoms with Crippen LogP contribution in [-0.2, 0) is 13.1 Å². The van der Waals surface area contributed by atoms with Gasteiger partial charge in [0.2, 0.25) is 0 Å². The van der Waals surface area contributed by atoms with E-state index >= 15 is 0 Å². The van der Waals surface area contributed by atoms with E-state index < -0.39 is 0 Å². The van der Waals surface area contributed by atoms with Gasteiger partial charge in [-0.2, -0.15) is 5.10 Å². The van der Waals surface area contributed by atoms with Crippen LogP contribution in [0.3, 0.4) is 0 Å². The highest BCUT2D eigenvalue weighted by molar-refractivity contribution is 5.85. The monoisotopic (exact) mass is 297 g/mol. The van der Waals surface area contributed by atoms with E-state index in [4.69, 9.17) is 9.84 Å². The Hall–Kier alpha value is -1.72. The van der Waals surface area contributed by atoms with Crippen LogP contribution in [0.1, 0.15) is 12.5 Å². The highest BCUT2D eigenvalue weighted by atomic mass is 35.5. The second-order valence-electron chi connectivity index (χ2n) is 4.12.